The number of aliphatic imine (C=N–C) groups is 1. The van der Waals surface area contributed by atoms with Crippen molar-refractivity contribution in [2.24, 2.45) is 10.9 Å². The van der Waals surface area contributed by atoms with E-state index in [1.165, 1.54) is 17.4 Å². The molecule has 1 aromatic heterocycles. The molecule has 0 radical (unpaired) electrons. The highest BCUT2D eigenvalue weighted by Crippen LogP contribution is 2.32. The maximum Gasteiger partial charge on any atom is 0.0792 e. The lowest BCUT2D eigenvalue weighted by molar-refractivity contribution is 0.365. The Balaban J connectivity index is 2.10. The summed E-state index contributed by atoms with van der Waals surface area (Å²) in [6.45, 7) is 4.51. The highest BCUT2D eigenvalue weighted by atomic mass is 14.9. The lowest BCUT2D eigenvalue weighted by Crippen LogP contribution is -2.33. The molecule has 1 aromatic carbocycles. The summed E-state index contributed by atoms with van der Waals surface area (Å²) in [4.78, 5) is 8.70. The molecule has 0 bridgehead atoms. The van der Waals surface area contributed by atoms with Gasteiger partial charge in [-0.2, -0.15) is 0 Å². The molecule has 0 amide bonds. The van der Waals surface area contributed by atoms with E-state index in [4.69, 9.17) is 0 Å². The summed E-state index contributed by atoms with van der Waals surface area (Å²) in [5.41, 5.74) is 3.58. The van der Waals surface area contributed by atoms with E-state index in [2.05, 4.69) is 40.4 Å². The fraction of sp³-hybridized carbons (Fsp3) is 0.412. The van der Waals surface area contributed by atoms with Crippen molar-refractivity contribution in [1.82, 2.24) is 10.3 Å². The Morgan fingerprint density at radius 3 is 3.00 bits per heavy atom. The molecule has 1 aliphatic heterocycles. The second-order valence-corrected chi connectivity index (χ2v) is 5.73. The zero-order chi connectivity index (χ0) is 13.9. The first-order chi connectivity index (χ1) is 9.79. The summed E-state index contributed by atoms with van der Waals surface area (Å²) in [6.07, 6.45) is 5.00. The van der Waals surface area contributed by atoms with Crippen LogP contribution >= 0.6 is 0 Å². The first kappa shape index (κ1) is 13.3. The van der Waals surface area contributed by atoms with E-state index in [0.29, 0.717) is 5.92 Å². The largest absolute Gasteiger partial charge is 0.316 e. The molecule has 2 aromatic rings. The minimum absolute atomic E-state index is 0.582. The molecular formula is C17H21N3. The first-order valence-corrected chi connectivity index (χ1v) is 7.30. The number of piperidine rings is 1. The van der Waals surface area contributed by atoms with Gasteiger partial charge < -0.3 is 5.32 Å². The Labute approximate surface area is 120 Å². The summed E-state index contributed by atoms with van der Waals surface area (Å²) in [6, 6.07) is 8.62. The van der Waals surface area contributed by atoms with E-state index in [1.54, 1.807) is 7.05 Å². The molecule has 1 unspecified atom stereocenters. The third-order valence-corrected chi connectivity index (χ3v) is 4.11. The molecule has 2 atom stereocenters. The normalized spacial score (nSPS) is 23.5. The van der Waals surface area contributed by atoms with Crippen molar-refractivity contribution < 1.29 is 0 Å². The highest BCUT2D eigenvalue weighted by molar-refractivity contribution is 5.98. The van der Waals surface area contributed by atoms with Crippen molar-refractivity contribution in [2.45, 2.75) is 19.3 Å². The van der Waals surface area contributed by atoms with Crippen LogP contribution in [0.5, 0.6) is 0 Å². The van der Waals surface area contributed by atoms with E-state index < -0.39 is 0 Å². The lowest BCUT2D eigenvalue weighted by atomic mass is 9.84. The first-order valence-electron chi connectivity index (χ1n) is 7.30. The minimum atomic E-state index is 0.582. The molecular weight excluding hydrogens is 246 g/mol. The molecule has 1 fully saturated rings. The molecule has 2 heterocycles. The molecule has 3 rings (SSSR count). The summed E-state index contributed by atoms with van der Waals surface area (Å²) < 4.78 is 0. The van der Waals surface area contributed by atoms with Gasteiger partial charge in [0.1, 0.15) is 0 Å². The van der Waals surface area contributed by atoms with Gasteiger partial charge in [-0.3, -0.25) is 9.98 Å². The van der Waals surface area contributed by atoms with Crippen LogP contribution in [0, 0.1) is 5.92 Å². The second-order valence-electron chi connectivity index (χ2n) is 5.73. The third-order valence-electron chi connectivity index (χ3n) is 4.11. The molecule has 3 nitrogen and oxygen atoms in total. The number of hydrogen-bond donors (Lipinski definition) is 1. The van der Waals surface area contributed by atoms with Gasteiger partial charge in [0.05, 0.1) is 5.52 Å². The van der Waals surface area contributed by atoms with Crippen molar-refractivity contribution in [3.8, 4) is 0 Å². The average molecular weight is 267 g/mol. The van der Waals surface area contributed by atoms with Gasteiger partial charge >= 0.3 is 0 Å². The van der Waals surface area contributed by atoms with E-state index in [9.17, 15) is 0 Å². The zero-order valence-electron chi connectivity index (χ0n) is 12.1. The summed E-state index contributed by atoms with van der Waals surface area (Å²) >= 11 is 0. The van der Waals surface area contributed by atoms with Crippen molar-refractivity contribution >= 4 is 17.1 Å². The van der Waals surface area contributed by atoms with Gasteiger partial charge in [-0.1, -0.05) is 25.1 Å². The second kappa shape index (κ2) is 5.71. The fourth-order valence-electron chi connectivity index (χ4n) is 3.21. The van der Waals surface area contributed by atoms with E-state index in [0.717, 1.165) is 30.1 Å². The number of fused-ring (bicyclic) bond motifs is 1. The summed E-state index contributed by atoms with van der Waals surface area (Å²) in [7, 11) is 1.80. The van der Waals surface area contributed by atoms with Gasteiger partial charge in [0, 0.05) is 37.0 Å². The lowest BCUT2D eigenvalue weighted by Gasteiger charge is -2.29. The number of rotatable bonds is 2. The Morgan fingerprint density at radius 2 is 2.20 bits per heavy atom. The van der Waals surface area contributed by atoms with Crippen LogP contribution in [0.1, 0.15) is 30.4 Å². The molecule has 3 heteroatoms. The number of hydrogen-bond acceptors (Lipinski definition) is 3. The van der Waals surface area contributed by atoms with Crippen LogP contribution in [-0.2, 0) is 0 Å². The van der Waals surface area contributed by atoms with Gasteiger partial charge in [-0.25, -0.2) is 0 Å². The minimum Gasteiger partial charge on any atom is -0.316 e. The summed E-state index contributed by atoms with van der Waals surface area (Å²) in [5, 5.41) is 4.81. The Hall–Kier alpha value is -1.74. The van der Waals surface area contributed by atoms with Crippen LogP contribution < -0.4 is 5.32 Å². The van der Waals surface area contributed by atoms with Crippen molar-refractivity contribution in [3.05, 3.63) is 41.6 Å². The monoisotopic (exact) mass is 267 g/mol. The van der Waals surface area contributed by atoms with Gasteiger partial charge in [0.2, 0.25) is 0 Å². The van der Waals surface area contributed by atoms with Crippen LogP contribution in [0.25, 0.3) is 10.9 Å². The van der Waals surface area contributed by atoms with Gasteiger partial charge in [0.25, 0.3) is 0 Å². The Morgan fingerprint density at radius 1 is 1.30 bits per heavy atom. The van der Waals surface area contributed by atoms with Crippen LogP contribution in [0.3, 0.4) is 0 Å². The molecule has 1 N–H and O–H groups in total. The number of pyridine rings is 1. The van der Waals surface area contributed by atoms with Crippen LogP contribution in [0.15, 0.2) is 35.5 Å². The molecule has 1 saturated heterocycles. The SMILES string of the molecule is C/N=C\c1ccc(C2CNC[C@H](C)C2)c2cccnc12. The van der Waals surface area contributed by atoms with E-state index >= 15 is 0 Å². The predicted molar refractivity (Wildman–Crippen MR) is 84.7 cm³/mol. The number of nitrogens with one attached hydrogen (secondary N) is 1. The number of benzene rings is 1. The maximum absolute atomic E-state index is 4.56. The standard InChI is InChI=1S/C17H21N3/c1-12-8-14(11-19-9-12)15-6-5-13(10-18-2)17-16(15)4-3-7-20-17/h3-7,10,12,14,19H,8-9,11H2,1-2H3/b18-10-/t12-,14?/m1/s1. The topological polar surface area (TPSA) is 37.3 Å². The van der Waals surface area contributed by atoms with E-state index in [1.807, 2.05) is 18.5 Å². The maximum atomic E-state index is 4.56. The van der Waals surface area contributed by atoms with Crippen molar-refractivity contribution in [3.63, 3.8) is 0 Å². The van der Waals surface area contributed by atoms with Gasteiger partial charge in [-0.15, -0.1) is 0 Å². The predicted octanol–water partition coefficient (Wildman–Crippen LogP) is 3.00. The molecule has 104 valence electrons. The van der Waals surface area contributed by atoms with Crippen LogP contribution in [0.4, 0.5) is 0 Å². The third kappa shape index (κ3) is 2.46. The quantitative estimate of drug-likeness (QED) is 0.849. The van der Waals surface area contributed by atoms with Crippen molar-refractivity contribution in [1.29, 1.82) is 0 Å². The fourth-order valence-corrected chi connectivity index (χ4v) is 3.21. The Bertz CT molecular complexity index is 633. The summed E-state index contributed by atoms with van der Waals surface area (Å²) in [5.74, 6) is 1.32. The Kier molecular flexibility index (Phi) is 3.79. The molecule has 0 aliphatic carbocycles. The molecule has 1 aliphatic rings. The van der Waals surface area contributed by atoms with E-state index in [-0.39, 0.29) is 0 Å². The van der Waals surface area contributed by atoms with Crippen LogP contribution in [0.2, 0.25) is 0 Å². The number of nitrogens with zero attached hydrogens (tertiary/aromatic N) is 2. The molecule has 0 spiro atoms. The molecule has 20 heavy (non-hydrogen) atoms. The molecule has 0 saturated carbocycles. The van der Waals surface area contributed by atoms with Crippen molar-refractivity contribution in [2.75, 3.05) is 20.1 Å². The average Bonchev–Trinajstić information content (AvgIpc) is 2.48. The van der Waals surface area contributed by atoms with Gasteiger partial charge in [0.15, 0.2) is 0 Å². The highest BCUT2D eigenvalue weighted by Gasteiger charge is 2.22. The van der Waals surface area contributed by atoms with Crippen LogP contribution in [-0.4, -0.2) is 31.3 Å². The van der Waals surface area contributed by atoms with Gasteiger partial charge in [-0.05, 0) is 36.4 Å². The number of aromatic nitrogens is 1. The zero-order valence-corrected chi connectivity index (χ0v) is 12.1. The smallest absolute Gasteiger partial charge is 0.0792 e.